The highest BCUT2D eigenvalue weighted by Gasteiger charge is 2.13. The summed E-state index contributed by atoms with van der Waals surface area (Å²) in [6.45, 7) is 8.23. The molecule has 0 aliphatic carbocycles. The van der Waals surface area contributed by atoms with Gasteiger partial charge in [0.2, 0.25) is 0 Å². The molecule has 5 heteroatoms. The molecule has 0 spiro atoms. The van der Waals surface area contributed by atoms with Crippen LogP contribution in [0.25, 0.3) is 0 Å². The van der Waals surface area contributed by atoms with Gasteiger partial charge in [-0.25, -0.2) is 5.43 Å². The smallest absolute Gasteiger partial charge is 0.271 e. The van der Waals surface area contributed by atoms with Crippen LogP contribution in [0.2, 0.25) is 0 Å². The topological polar surface area (TPSA) is 59.9 Å². The number of ether oxygens (including phenoxy) is 2. The monoisotopic (exact) mass is 292 g/mol. The van der Waals surface area contributed by atoms with Gasteiger partial charge in [0.1, 0.15) is 0 Å². The molecule has 0 radical (unpaired) electrons. The molecular weight excluding hydrogens is 268 g/mol. The maximum Gasteiger partial charge on any atom is 0.271 e. The third-order valence-corrected chi connectivity index (χ3v) is 3.12. The van der Waals surface area contributed by atoms with Crippen LogP contribution in [-0.4, -0.2) is 25.8 Å². The zero-order valence-electron chi connectivity index (χ0n) is 13.6. The number of nitrogens with zero attached hydrogens (tertiary/aromatic N) is 1. The van der Waals surface area contributed by atoms with E-state index in [9.17, 15) is 4.79 Å². The second kappa shape index (κ2) is 7.67. The molecule has 1 aromatic carbocycles. The number of amides is 1. The zero-order chi connectivity index (χ0) is 16.0. The van der Waals surface area contributed by atoms with E-state index in [1.807, 2.05) is 0 Å². The number of methoxy groups -OCH3 is 2. The molecule has 1 N–H and O–H groups in total. The zero-order valence-corrected chi connectivity index (χ0v) is 13.6. The third kappa shape index (κ3) is 4.48. The Kier molecular flexibility index (Phi) is 6.21. The molecule has 0 saturated heterocycles. The quantitative estimate of drug-likeness (QED) is 0.647. The number of hydrogen-bond donors (Lipinski definition) is 1. The van der Waals surface area contributed by atoms with E-state index in [0.29, 0.717) is 17.1 Å². The van der Waals surface area contributed by atoms with Crippen LogP contribution in [0.5, 0.6) is 11.5 Å². The molecule has 1 aromatic rings. The van der Waals surface area contributed by atoms with Gasteiger partial charge in [-0.2, -0.15) is 5.10 Å². The van der Waals surface area contributed by atoms with Gasteiger partial charge in [-0.1, -0.05) is 27.7 Å². The molecule has 1 amide bonds. The Hall–Kier alpha value is -2.04. The SMILES string of the molecule is COc1ccc(C(=O)NN=C(C(C)C)C(C)C)cc1OC. The van der Waals surface area contributed by atoms with Crippen molar-refractivity contribution in [3.8, 4) is 11.5 Å². The van der Waals surface area contributed by atoms with Gasteiger partial charge in [0, 0.05) is 11.3 Å². The minimum absolute atomic E-state index is 0.269. The molecule has 0 bridgehead atoms. The molecule has 5 nitrogen and oxygen atoms in total. The maximum absolute atomic E-state index is 12.1. The van der Waals surface area contributed by atoms with Crippen molar-refractivity contribution >= 4 is 11.6 Å². The Morgan fingerprint density at radius 1 is 1.05 bits per heavy atom. The van der Waals surface area contributed by atoms with Gasteiger partial charge in [-0.05, 0) is 30.0 Å². The molecule has 0 heterocycles. The van der Waals surface area contributed by atoms with Gasteiger partial charge in [-0.15, -0.1) is 0 Å². The Morgan fingerprint density at radius 2 is 1.62 bits per heavy atom. The van der Waals surface area contributed by atoms with E-state index in [4.69, 9.17) is 9.47 Å². The molecular formula is C16H24N2O3. The first-order chi connectivity index (χ1) is 9.90. The van der Waals surface area contributed by atoms with E-state index in [1.54, 1.807) is 25.3 Å². The van der Waals surface area contributed by atoms with E-state index in [0.717, 1.165) is 5.71 Å². The summed E-state index contributed by atoms with van der Waals surface area (Å²) in [5, 5.41) is 4.24. The summed E-state index contributed by atoms with van der Waals surface area (Å²) in [5.41, 5.74) is 4.04. The maximum atomic E-state index is 12.1. The Bertz CT molecular complexity index is 512. The van der Waals surface area contributed by atoms with E-state index in [2.05, 4.69) is 38.2 Å². The van der Waals surface area contributed by atoms with E-state index >= 15 is 0 Å². The van der Waals surface area contributed by atoms with Crippen LogP contribution in [0, 0.1) is 11.8 Å². The molecule has 0 aliphatic heterocycles. The van der Waals surface area contributed by atoms with Gasteiger partial charge in [0.25, 0.3) is 5.91 Å². The van der Waals surface area contributed by atoms with Crippen LogP contribution in [0.15, 0.2) is 23.3 Å². The average molecular weight is 292 g/mol. The predicted octanol–water partition coefficient (Wildman–Crippen LogP) is 3.10. The lowest BCUT2D eigenvalue weighted by Gasteiger charge is -2.14. The summed E-state index contributed by atoms with van der Waals surface area (Å²) in [7, 11) is 3.09. The molecule has 0 unspecified atom stereocenters. The number of rotatable bonds is 6. The van der Waals surface area contributed by atoms with Gasteiger partial charge in [-0.3, -0.25) is 4.79 Å². The van der Waals surface area contributed by atoms with Crippen LogP contribution in [0.1, 0.15) is 38.1 Å². The Balaban J connectivity index is 2.92. The van der Waals surface area contributed by atoms with Gasteiger partial charge < -0.3 is 9.47 Å². The van der Waals surface area contributed by atoms with Crippen molar-refractivity contribution in [2.45, 2.75) is 27.7 Å². The lowest BCUT2D eigenvalue weighted by Crippen LogP contribution is -2.24. The van der Waals surface area contributed by atoms with Crippen LogP contribution < -0.4 is 14.9 Å². The van der Waals surface area contributed by atoms with Crippen molar-refractivity contribution in [1.29, 1.82) is 0 Å². The minimum Gasteiger partial charge on any atom is -0.493 e. The summed E-state index contributed by atoms with van der Waals surface area (Å²) in [6, 6.07) is 5.01. The lowest BCUT2D eigenvalue weighted by molar-refractivity contribution is 0.0954. The Morgan fingerprint density at radius 3 is 2.10 bits per heavy atom. The third-order valence-electron chi connectivity index (χ3n) is 3.12. The van der Waals surface area contributed by atoms with E-state index in [-0.39, 0.29) is 17.7 Å². The predicted molar refractivity (Wildman–Crippen MR) is 84.1 cm³/mol. The number of hydrazone groups is 1. The number of nitrogens with one attached hydrogen (secondary N) is 1. The fourth-order valence-corrected chi connectivity index (χ4v) is 2.08. The first-order valence-electron chi connectivity index (χ1n) is 7.00. The van der Waals surface area contributed by atoms with Crippen molar-refractivity contribution in [2.24, 2.45) is 16.9 Å². The van der Waals surface area contributed by atoms with Crippen LogP contribution in [0.4, 0.5) is 0 Å². The number of benzene rings is 1. The van der Waals surface area contributed by atoms with E-state index < -0.39 is 0 Å². The Labute approximate surface area is 126 Å². The molecule has 0 saturated carbocycles. The fourth-order valence-electron chi connectivity index (χ4n) is 2.08. The summed E-state index contributed by atoms with van der Waals surface area (Å²) in [6.07, 6.45) is 0. The molecule has 1 rings (SSSR count). The number of carbonyl (C=O) groups is 1. The second-order valence-corrected chi connectivity index (χ2v) is 5.36. The molecule has 21 heavy (non-hydrogen) atoms. The van der Waals surface area contributed by atoms with Gasteiger partial charge in [0.05, 0.1) is 14.2 Å². The number of carbonyl (C=O) groups excluding carboxylic acids is 1. The second-order valence-electron chi connectivity index (χ2n) is 5.36. The summed E-state index contributed by atoms with van der Waals surface area (Å²) in [4.78, 5) is 12.1. The number of hydrogen-bond acceptors (Lipinski definition) is 4. The minimum atomic E-state index is -0.269. The van der Waals surface area contributed by atoms with Crippen LogP contribution in [-0.2, 0) is 0 Å². The normalized spacial score (nSPS) is 10.5. The lowest BCUT2D eigenvalue weighted by atomic mass is 9.98. The van der Waals surface area contributed by atoms with Crippen LogP contribution >= 0.6 is 0 Å². The van der Waals surface area contributed by atoms with Crippen molar-refractivity contribution in [1.82, 2.24) is 5.43 Å². The standard InChI is InChI=1S/C16H24N2O3/c1-10(2)15(11(3)4)17-18-16(19)12-7-8-13(20-5)14(9-12)21-6/h7-11H,1-6H3,(H,18,19). The highest BCUT2D eigenvalue weighted by atomic mass is 16.5. The highest BCUT2D eigenvalue weighted by molar-refractivity contribution is 5.96. The van der Waals surface area contributed by atoms with E-state index in [1.165, 1.54) is 7.11 Å². The molecule has 0 fully saturated rings. The molecule has 0 aliphatic rings. The van der Waals surface area contributed by atoms with Crippen molar-refractivity contribution in [2.75, 3.05) is 14.2 Å². The first-order valence-corrected chi connectivity index (χ1v) is 7.00. The summed E-state index contributed by atoms with van der Waals surface area (Å²) >= 11 is 0. The van der Waals surface area contributed by atoms with Crippen molar-refractivity contribution < 1.29 is 14.3 Å². The molecule has 0 atom stereocenters. The summed E-state index contributed by atoms with van der Waals surface area (Å²) in [5.74, 6) is 1.41. The van der Waals surface area contributed by atoms with Crippen molar-refractivity contribution in [3.63, 3.8) is 0 Å². The molecule has 0 aromatic heterocycles. The van der Waals surface area contributed by atoms with Gasteiger partial charge in [0.15, 0.2) is 11.5 Å². The largest absolute Gasteiger partial charge is 0.493 e. The van der Waals surface area contributed by atoms with Crippen LogP contribution in [0.3, 0.4) is 0 Å². The van der Waals surface area contributed by atoms with Crippen molar-refractivity contribution in [3.05, 3.63) is 23.8 Å². The highest BCUT2D eigenvalue weighted by Crippen LogP contribution is 2.27. The van der Waals surface area contributed by atoms with Gasteiger partial charge >= 0.3 is 0 Å². The molecule has 116 valence electrons. The fraction of sp³-hybridized carbons (Fsp3) is 0.500. The summed E-state index contributed by atoms with van der Waals surface area (Å²) < 4.78 is 10.3. The first kappa shape index (κ1) is 17.0. The average Bonchev–Trinajstić information content (AvgIpc) is 2.45.